The lowest BCUT2D eigenvalue weighted by atomic mass is 9.92. The molecule has 4 rings (SSSR count). The average molecular weight is 362 g/mol. The number of benzene rings is 2. The largest absolute Gasteiger partial charge is 0.378 e. The van der Waals surface area contributed by atoms with Crippen molar-refractivity contribution in [3.05, 3.63) is 65.7 Å². The van der Waals surface area contributed by atoms with Gasteiger partial charge in [0.05, 0.1) is 12.3 Å². The summed E-state index contributed by atoms with van der Waals surface area (Å²) in [6.07, 6.45) is 0. The van der Waals surface area contributed by atoms with Crippen molar-refractivity contribution >= 4 is 23.2 Å². The van der Waals surface area contributed by atoms with Gasteiger partial charge in [-0.25, -0.2) is 0 Å². The molecular weight excluding hydrogens is 340 g/mol. The maximum atomic E-state index is 12.7. The van der Waals surface area contributed by atoms with E-state index < -0.39 is 12.0 Å². The molecule has 0 N–H and O–H groups in total. The quantitative estimate of drug-likeness (QED) is 0.780. The molecule has 1 fully saturated rings. The van der Waals surface area contributed by atoms with Crippen LogP contribution in [0.25, 0.3) is 0 Å². The van der Waals surface area contributed by atoms with Crippen LogP contribution in [0.5, 0.6) is 0 Å². The van der Waals surface area contributed by atoms with E-state index in [2.05, 4.69) is 0 Å². The summed E-state index contributed by atoms with van der Waals surface area (Å²) in [6, 6.07) is 17.2. The van der Waals surface area contributed by atoms with Gasteiger partial charge in [0, 0.05) is 26.8 Å². The minimum atomic E-state index is -0.564. The molecule has 2 aromatic carbocycles. The smallest absolute Gasteiger partial charge is 0.254 e. The van der Waals surface area contributed by atoms with Gasteiger partial charge in [-0.15, -0.1) is 0 Å². The summed E-state index contributed by atoms with van der Waals surface area (Å²) in [5.74, 6) is -0.919. The van der Waals surface area contributed by atoms with Gasteiger partial charge in [-0.1, -0.05) is 42.5 Å². The summed E-state index contributed by atoms with van der Waals surface area (Å²) in [7, 11) is 5.51. The van der Waals surface area contributed by atoms with Gasteiger partial charge in [0.25, 0.3) is 5.91 Å². The number of fused-ring (bicyclic) bond motifs is 1. The first kappa shape index (κ1) is 17.3. The molecule has 27 heavy (non-hydrogen) atoms. The molecule has 2 aliphatic heterocycles. The first-order chi connectivity index (χ1) is 13.0. The van der Waals surface area contributed by atoms with Gasteiger partial charge in [0.1, 0.15) is 12.0 Å². The van der Waals surface area contributed by atoms with Crippen molar-refractivity contribution in [1.29, 1.82) is 0 Å². The zero-order valence-corrected chi connectivity index (χ0v) is 15.7. The highest BCUT2D eigenvalue weighted by molar-refractivity contribution is 6.23. The Bertz CT molecular complexity index is 906. The van der Waals surface area contributed by atoms with Crippen LogP contribution in [0.15, 0.2) is 59.7 Å². The number of nitrogens with zero attached hydrogens (tertiary/aromatic N) is 4. The Labute approximate surface area is 158 Å². The molecule has 6 nitrogen and oxygen atoms in total. The number of hydrogen-bond acceptors (Lipinski definition) is 5. The SMILES string of the molecule is CN1C(=O)[C@H]2C(c3ccc(N(C)C)cc3)=NN(Cc3ccccc3)[C@H]2C1=O. The zero-order chi connectivity index (χ0) is 19.1. The molecule has 138 valence electrons. The monoisotopic (exact) mass is 362 g/mol. The number of rotatable bonds is 4. The highest BCUT2D eigenvalue weighted by Gasteiger charge is 2.55. The van der Waals surface area contributed by atoms with E-state index in [0.717, 1.165) is 16.8 Å². The first-order valence-corrected chi connectivity index (χ1v) is 8.95. The third kappa shape index (κ3) is 2.87. The summed E-state index contributed by atoms with van der Waals surface area (Å²) in [5, 5.41) is 6.48. The molecule has 0 bridgehead atoms. The number of anilines is 1. The van der Waals surface area contributed by atoms with Crippen LogP contribution >= 0.6 is 0 Å². The summed E-state index contributed by atoms with van der Waals surface area (Å²) < 4.78 is 0. The fourth-order valence-electron chi connectivity index (χ4n) is 3.69. The third-order valence-corrected chi connectivity index (χ3v) is 5.21. The van der Waals surface area contributed by atoms with E-state index in [4.69, 9.17) is 5.10 Å². The van der Waals surface area contributed by atoms with E-state index in [1.807, 2.05) is 73.6 Å². The topological polar surface area (TPSA) is 56.2 Å². The average Bonchev–Trinajstić information content (AvgIpc) is 3.15. The van der Waals surface area contributed by atoms with Gasteiger partial charge < -0.3 is 4.90 Å². The number of carbonyl (C=O) groups excluding carboxylic acids is 2. The van der Waals surface area contributed by atoms with Crippen molar-refractivity contribution in [2.45, 2.75) is 12.6 Å². The predicted octanol–water partition coefficient (Wildman–Crippen LogP) is 1.96. The predicted molar refractivity (Wildman–Crippen MR) is 104 cm³/mol. The fraction of sp³-hybridized carbons (Fsp3) is 0.286. The van der Waals surface area contributed by atoms with Crippen LogP contribution in [-0.4, -0.2) is 54.6 Å². The van der Waals surface area contributed by atoms with Crippen LogP contribution in [0.4, 0.5) is 5.69 Å². The normalized spacial score (nSPS) is 21.5. The highest BCUT2D eigenvalue weighted by atomic mass is 16.2. The van der Waals surface area contributed by atoms with Crippen molar-refractivity contribution in [3.8, 4) is 0 Å². The van der Waals surface area contributed by atoms with Crippen LogP contribution in [0, 0.1) is 5.92 Å². The van der Waals surface area contributed by atoms with Crippen molar-refractivity contribution in [1.82, 2.24) is 9.91 Å². The van der Waals surface area contributed by atoms with E-state index in [-0.39, 0.29) is 11.8 Å². The fourth-order valence-corrected chi connectivity index (χ4v) is 3.69. The van der Waals surface area contributed by atoms with Gasteiger partial charge in [-0.3, -0.25) is 19.5 Å². The van der Waals surface area contributed by atoms with E-state index in [1.54, 1.807) is 12.1 Å². The molecule has 0 unspecified atom stereocenters. The van der Waals surface area contributed by atoms with E-state index >= 15 is 0 Å². The second kappa shape index (κ2) is 6.54. The minimum Gasteiger partial charge on any atom is -0.378 e. The van der Waals surface area contributed by atoms with E-state index in [1.165, 1.54) is 4.90 Å². The zero-order valence-electron chi connectivity index (χ0n) is 15.7. The third-order valence-electron chi connectivity index (χ3n) is 5.21. The molecule has 0 aliphatic carbocycles. The maximum absolute atomic E-state index is 12.7. The number of hydrazone groups is 1. The van der Waals surface area contributed by atoms with Crippen LogP contribution in [0.2, 0.25) is 0 Å². The molecule has 1 saturated heterocycles. The number of likely N-dealkylation sites (tertiary alicyclic amines) is 1. The standard InChI is InChI=1S/C21H22N4O2/c1-23(2)16-11-9-15(10-12-16)18-17-19(21(27)24(3)20(17)26)25(22-18)13-14-7-5-4-6-8-14/h4-12,17,19H,13H2,1-3H3/t17-,19+/m0/s1. The molecule has 2 atom stereocenters. The minimum absolute atomic E-state index is 0.184. The van der Waals surface area contributed by atoms with Gasteiger partial charge in [-0.05, 0) is 23.3 Å². The Morgan fingerprint density at radius 3 is 2.26 bits per heavy atom. The van der Waals surface area contributed by atoms with E-state index in [9.17, 15) is 9.59 Å². The van der Waals surface area contributed by atoms with Crippen molar-refractivity contribution in [2.24, 2.45) is 11.0 Å². The lowest BCUT2D eigenvalue weighted by molar-refractivity contribution is -0.138. The van der Waals surface area contributed by atoms with E-state index in [0.29, 0.717) is 12.3 Å². The summed E-state index contributed by atoms with van der Waals surface area (Å²) in [4.78, 5) is 28.7. The molecule has 2 aliphatic rings. The molecule has 0 spiro atoms. The van der Waals surface area contributed by atoms with Gasteiger partial charge in [0.15, 0.2) is 0 Å². The van der Waals surface area contributed by atoms with Crippen LogP contribution in [0.3, 0.4) is 0 Å². The Balaban J connectivity index is 1.71. The Hall–Kier alpha value is -3.15. The number of hydrogen-bond donors (Lipinski definition) is 0. The summed E-state index contributed by atoms with van der Waals surface area (Å²) >= 11 is 0. The van der Waals surface area contributed by atoms with Gasteiger partial charge in [0.2, 0.25) is 5.91 Å². The van der Waals surface area contributed by atoms with Crippen LogP contribution in [0.1, 0.15) is 11.1 Å². The molecule has 2 amide bonds. The van der Waals surface area contributed by atoms with Crippen molar-refractivity contribution in [2.75, 3.05) is 26.0 Å². The van der Waals surface area contributed by atoms with Crippen LogP contribution in [-0.2, 0) is 16.1 Å². The number of imide groups is 1. The van der Waals surface area contributed by atoms with Crippen molar-refractivity contribution in [3.63, 3.8) is 0 Å². The first-order valence-electron chi connectivity index (χ1n) is 8.95. The second-order valence-corrected chi connectivity index (χ2v) is 7.17. The highest BCUT2D eigenvalue weighted by Crippen LogP contribution is 2.35. The number of likely N-dealkylation sites (N-methyl/N-ethyl adjacent to an activating group) is 1. The molecule has 6 heteroatoms. The molecule has 2 aromatic rings. The Morgan fingerprint density at radius 1 is 0.963 bits per heavy atom. The number of amides is 2. The lowest BCUT2D eigenvalue weighted by Crippen LogP contribution is -2.37. The van der Waals surface area contributed by atoms with Gasteiger partial charge >= 0.3 is 0 Å². The van der Waals surface area contributed by atoms with Gasteiger partial charge in [-0.2, -0.15) is 5.10 Å². The summed E-state index contributed by atoms with van der Waals surface area (Å²) in [6.45, 7) is 0.494. The molecule has 2 heterocycles. The lowest BCUT2D eigenvalue weighted by Gasteiger charge is -2.21. The molecule has 0 aromatic heterocycles. The molecule has 0 saturated carbocycles. The maximum Gasteiger partial charge on any atom is 0.254 e. The van der Waals surface area contributed by atoms with Crippen molar-refractivity contribution < 1.29 is 9.59 Å². The Kier molecular flexibility index (Phi) is 4.18. The molecular formula is C21H22N4O2. The molecule has 0 radical (unpaired) electrons. The van der Waals surface area contributed by atoms with Crippen LogP contribution < -0.4 is 4.90 Å². The summed E-state index contributed by atoms with van der Waals surface area (Å²) in [5.41, 5.74) is 3.67. The Morgan fingerprint density at radius 2 is 1.63 bits per heavy atom. The second-order valence-electron chi connectivity index (χ2n) is 7.17. The number of carbonyl (C=O) groups is 2.